The van der Waals surface area contributed by atoms with Gasteiger partial charge in [-0.1, -0.05) is 0 Å². The van der Waals surface area contributed by atoms with Gasteiger partial charge in [-0.05, 0) is 43.3 Å². The van der Waals surface area contributed by atoms with Gasteiger partial charge in [0.25, 0.3) is 0 Å². The number of hydrogen-bond donors (Lipinski definition) is 1. The van der Waals surface area contributed by atoms with Crippen LogP contribution in [0.25, 0.3) is 5.65 Å². The number of ether oxygens (including phenoxy) is 1. The molecule has 0 amide bonds. The van der Waals surface area contributed by atoms with E-state index in [9.17, 15) is 21.6 Å². The van der Waals surface area contributed by atoms with Gasteiger partial charge in [0.1, 0.15) is 11.4 Å². The maximum absolute atomic E-state index is 12.8. The Hall–Kier alpha value is -2.59. The number of imidazole rings is 1. The maximum atomic E-state index is 12.8. The van der Waals surface area contributed by atoms with Crippen LogP contribution >= 0.6 is 0 Å². The molecule has 3 rings (SSSR count). The van der Waals surface area contributed by atoms with Gasteiger partial charge in [-0.25, -0.2) is 18.1 Å². The van der Waals surface area contributed by atoms with Gasteiger partial charge in [0.2, 0.25) is 10.0 Å². The summed E-state index contributed by atoms with van der Waals surface area (Å²) in [6.07, 6.45) is -1.79. The molecule has 2 heterocycles. The van der Waals surface area contributed by atoms with Gasteiger partial charge >= 0.3 is 6.18 Å². The van der Waals surface area contributed by atoms with Crippen molar-refractivity contribution in [3.8, 4) is 5.75 Å². The number of alkyl halides is 3. The Balaban J connectivity index is 1.65. The third kappa shape index (κ3) is 4.63. The summed E-state index contributed by atoms with van der Waals surface area (Å²) in [6, 6.07) is 8.25. The minimum absolute atomic E-state index is 0.0611. The van der Waals surface area contributed by atoms with Crippen molar-refractivity contribution in [3.05, 3.63) is 60.0 Å². The Labute approximate surface area is 160 Å². The summed E-state index contributed by atoms with van der Waals surface area (Å²) in [5, 5.41) is 0. The highest BCUT2D eigenvalue weighted by molar-refractivity contribution is 7.89. The summed E-state index contributed by atoms with van der Waals surface area (Å²) < 4.78 is 71.9. The second-order valence-corrected chi connectivity index (χ2v) is 7.73. The highest BCUT2D eigenvalue weighted by atomic mass is 32.2. The van der Waals surface area contributed by atoms with Crippen LogP contribution in [-0.2, 0) is 22.6 Å². The monoisotopic (exact) mass is 413 g/mol. The average molecular weight is 413 g/mol. The molecule has 0 bridgehead atoms. The molecule has 3 aromatic rings. The Morgan fingerprint density at radius 1 is 1.11 bits per heavy atom. The summed E-state index contributed by atoms with van der Waals surface area (Å²) in [4.78, 5) is 4.30. The number of pyridine rings is 1. The number of halogens is 3. The standard InChI is InChI=1S/C18H18F3N3O3S/c1-2-27-15-4-6-16(7-5-15)28(25,26)22-10-9-14-12-24-11-13(18(19,20)21)3-8-17(24)23-14/h3-8,11-12,22H,2,9-10H2,1H3. The van der Waals surface area contributed by atoms with Crippen molar-refractivity contribution in [1.82, 2.24) is 14.1 Å². The number of fused-ring (bicyclic) bond motifs is 1. The molecular formula is C18H18F3N3O3S. The van der Waals surface area contributed by atoms with E-state index in [0.29, 0.717) is 23.7 Å². The number of nitrogens with zero attached hydrogens (tertiary/aromatic N) is 2. The Morgan fingerprint density at radius 2 is 1.82 bits per heavy atom. The van der Waals surface area contributed by atoms with Crippen LogP contribution in [0.15, 0.2) is 53.7 Å². The highest BCUT2D eigenvalue weighted by Gasteiger charge is 2.30. The first-order chi connectivity index (χ1) is 13.2. The normalized spacial score (nSPS) is 12.4. The molecule has 0 aliphatic rings. The maximum Gasteiger partial charge on any atom is 0.417 e. The fourth-order valence-corrected chi connectivity index (χ4v) is 3.64. The minimum atomic E-state index is -4.44. The third-order valence-corrected chi connectivity index (χ3v) is 5.42. The van der Waals surface area contributed by atoms with Gasteiger partial charge in [-0.3, -0.25) is 0 Å². The first kappa shape index (κ1) is 20.2. The smallest absolute Gasteiger partial charge is 0.417 e. The second-order valence-electron chi connectivity index (χ2n) is 5.97. The van der Waals surface area contributed by atoms with Crippen LogP contribution in [0.4, 0.5) is 13.2 Å². The van der Waals surface area contributed by atoms with Crippen molar-refractivity contribution in [2.45, 2.75) is 24.4 Å². The predicted octanol–water partition coefficient (Wildman–Crippen LogP) is 3.27. The number of sulfonamides is 1. The van der Waals surface area contributed by atoms with Gasteiger partial charge in [-0.15, -0.1) is 0 Å². The van der Waals surface area contributed by atoms with Gasteiger partial charge < -0.3 is 9.14 Å². The SMILES string of the molecule is CCOc1ccc(S(=O)(=O)NCCc2cn3cc(C(F)(F)F)ccc3n2)cc1. The number of rotatable bonds is 7. The molecule has 0 aliphatic heterocycles. The van der Waals surface area contributed by atoms with Crippen LogP contribution in [-0.4, -0.2) is 31.0 Å². The molecule has 10 heteroatoms. The predicted molar refractivity (Wildman–Crippen MR) is 96.7 cm³/mol. The van der Waals surface area contributed by atoms with E-state index in [1.807, 2.05) is 6.92 Å². The van der Waals surface area contributed by atoms with Crippen LogP contribution in [0.2, 0.25) is 0 Å². The quantitative estimate of drug-likeness (QED) is 0.645. The largest absolute Gasteiger partial charge is 0.494 e. The lowest BCUT2D eigenvalue weighted by atomic mass is 10.3. The van der Waals surface area contributed by atoms with E-state index in [1.165, 1.54) is 28.8 Å². The number of aromatic nitrogens is 2. The van der Waals surface area contributed by atoms with Gasteiger partial charge in [0.15, 0.2) is 0 Å². The zero-order valence-corrected chi connectivity index (χ0v) is 15.7. The molecule has 0 atom stereocenters. The van der Waals surface area contributed by atoms with E-state index in [0.717, 1.165) is 12.3 Å². The molecule has 28 heavy (non-hydrogen) atoms. The molecule has 0 fully saturated rings. The van der Waals surface area contributed by atoms with Crippen molar-refractivity contribution in [3.63, 3.8) is 0 Å². The highest BCUT2D eigenvalue weighted by Crippen LogP contribution is 2.29. The summed E-state index contributed by atoms with van der Waals surface area (Å²) in [5.74, 6) is 0.573. The molecule has 0 saturated carbocycles. The molecule has 2 aromatic heterocycles. The first-order valence-electron chi connectivity index (χ1n) is 8.46. The fourth-order valence-electron chi connectivity index (χ4n) is 2.61. The van der Waals surface area contributed by atoms with E-state index >= 15 is 0 Å². The lowest BCUT2D eigenvalue weighted by Gasteiger charge is -2.07. The average Bonchev–Trinajstić information content (AvgIpc) is 3.03. The molecule has 0 radical (unpaired) electrons. The second kappa shape index (κ2) is 7.80. The third-order valence-electron chi connectivity index (χ3n) is 3.95. The number of benzene rings is 1. The number of hydrogen-bond acceptors (Lipinski definition) is 4. The molecule has 0 aliphatic carbocycles. The Kier molecular flexibility index (Phi) is 5.61. The summed E-state index contributed by atoms with van der Waals surface area (Å²) in [5.41, 5.74) is 0.0613. The zero-order chi connectivity index (χ0) is 20.4. The zero-order valence-electron chi connectivity index (χ0n) is 14.9. The number of nitrogens with one attached hydrogen (secondary N) is 1. The van der Waals surface area contributed by atoms with Crippen LogP contribution in [0.5, 0.6) is 5.75 Å². The fraction of sp³-hybridized carbons (Fsp3) is 0.278. The molecule has 1 aromatic carbocycles. The molecule has 6 nitrogen and oxygen atoms in total. The van der Waals surface area contributed by atoms with E-state index in [1.54, 1.807) is 12.1 Å². The molecular weight excluding hydrogens is 395 g/mol. The van der Waals surface area contributed by atoms with Crippen LogP contribution < -0.4 is 9.46 Å². The minimum Gasteiger partial charge on any atom is -0.494 e. The van der Waals surface area contributed by atoms with E-state index in [2.05, 4.69) is 9.71 Å². The van der Waals surface area contributed by atoms with E-state index in [4.69, 9.17) is 4.74 Å². The van der Waals surface area contributed by atoms with Crippen LogP contribution in [0.1, 0.15) is 18.2 Å². The lowest BCUT2D eigenvalue weighted by molar-refractivity contribution is -0.137. The summed E-state index contributed by atoms with van der Waals surface area (Å²) >= 11 is 0. The van der Waals surface area contributed by atoms with Gasteiger partial charge in [0, 0.05) is 25.4 Å². The summed E-state index contributed by atoms with van der Waals surface area (Å²) in [6.45, 7) is 2.37. The topological polar surface area (TPSA) is 72.7 Å². The Bertz CT molecular complexity index is 1060. The van der Waals surface area contributed by atoms with Crippen molar-refractivity contribution in [2.75, 3.05) is 13.2 Å². The van der Waals surface area contributed by atoms with Crippen LogP contribution in [0.3, 0.4) is 0 Å². The van der Waals surface area contributed by atoms with Gasteiger partial charge in [0.05, 0.1) is 22.8 Å². The molecule has 0 unspecified atom stereocenters. The molecule has 0 saturated heterocycles. The molecule has 150 valence electrons. The first-order valence-corrected chi connectivity index (χ1v) is 9.95. The summed E-state index contributed by atoms with van der Waals surface area (Å²) in [7, 11) is -3.71. The van der Waals surface area contributed by atoms with Crippen molar-refractivity contribution >= 4 is 15.7 Å². The van der Waals surface area contributed by atoms with E-state index in [-0.39, 0.29) is 17.9 Å². The van der Waals surface area contributed by atoms with Crippen molar-refractivity contribution in [2.24, 2.45) is 0 Å². The Morgan fingerprint density at radius 3 is 2.46 bits per heavy atom. The molecule has 1 N–H and O–H groups in total. The lowest BCUT2D eigenvalue weighted by Crippen LogP contribution is -2.26. The van der Waals surface area contributed by atoms with Crippen molar-refractivity contribution in [1.29, 1.82) is 0 Å². The van der Waals surface area contributed by atoms with E-state index < -0.39 is 21.8 Å². The molecule has 0 spiro atoms. The van der Waals surface area contributed by atoms with Crippen LogP contribution in [0, 0.1) is 0 Å². The van der Waals surface area contributed by atoms with Gasteiger partial charge in [-0.2, -0.15) is 13.2 Å². The van der Waals surface area contributed by atoms with Crippen molar-refractivity contribution < 1.29 is 26.3 Å².